The molecule has 6 rings (SSSR count). The SMILES string of the molecule is c1ccc2c(c1)N1CCCCN=C1C21COc2cc3c(cc21)CCO3. The van der Waals surface area contributed by atoms with E-state index in [1.807, 2.05) is 0 Å². The van der Waals surface area contributed by atoms with Crippen molar-refractivity contribution in [1.82, 2.24) is 0 Å². The molecule has 4 nitrogen and oxygen atoms in total. The van der Waals surface area contributed by atoms with Gasteiger partial charge in [0.15, 0.2) is 0 Å². The summed E-state index contributed by atoms with van der Waals surface area (Å²) in [4.78, 5) is 7.49. The molecule has 2 aromatic carbocycles. The number of para-hydroxylation sites is 1. The number of nitrogens with zero attached hydrogens (tertiary/aromatic N) is 2. The number of hydrogen-bond acceptors (Lipinski definition) is 4. The average Bonchev–Trinajstić information content (AvgIpc) is 3.25. The lowest BCUT2D eigenvalue weighted by atomic mass is 9.76. The van der Waals surface area contributed by atoms with Gasteiger partial charge < -0.3 is 14.4 Å². The minimum atomic E-state index is -0.256. The van der Waals surface area contributed by atoms with Gasteiger partial charge in [0, 0.05) is 36.8 Å². The average molecular weight is 332 g/mol. The topological polar surface area (TPSA) is 34.1 Å². The molecule has 4 aliphatic heterocycles. The fourth-order valence-corrected chi connectivity index (χ4v) is 4.88. The Morgan fingerprint density at radius 3 is 2.96 bits per heavy atom. The summed E-state index contributed by atoms with van der Waals surface area (Å²) in [5.41, 5.74) is 4.96. The number of anilines is 1. The van der Waals surface area contributed by atoms with E-state index in [-0.39, 0.29) is 5.41 Å². The molecule has 126 valence electrons. The highest BCUT2D eigenvalue weighted by molar-refractivity contribution is 6.14. The van der Waals surface area contributed by atoms with Crippen LogP contribution in [0.5, 0.6) is 11.5 Å². The van der Waals surface area contributed by atoms with Gasteiger partial charge in [0.2, 0.25) is 0 Å². The van der Waals surface area contributed by atoms with Crippen LogP contribution in [0.25, 0.3) is 0 Å². The Hall–Kier alpha value is -2.49. The minimum Gasteiger partial charge on any atom is -0.493 e. The second-order valence-corrected chi connectivity index (χ2v) is 7.33. The lowest BCUT2D eigenvalue weighted by Crippen LogP contribution is -2.42. The maximum atomic E-state index is 6.22. The molecular weight excluding hydrogens is 312 g/mol. The zero-order chi connectivity index (χ0) is 16.4. The fourth-order valence-electron chi connectivity index (χ4n) is 4.88. The van der Waals surface area contributed by atoms with Crippen molar-refractivity contribution >= 4 is 11.5 Å². The van der Waals surface area contributed by atoms with Crippen molar-refractivity contribution in [2.75, 3.05) is 31.2 Å². The Morgan fingerprint density at radius 1 is 1.00 bits per heavy atom. The van der Waals surface area contributed by atoms with Crippen molar-refractivity contribution in [2.45, 2.75) is 24.7 Å². The van der Waals surface area contributed by atoms with Gasteiger partial charge in [-0.1, -0.05) is 18.2 Å². The molecule has 25 heavy (non-hydrogen) atoms. The molecular formula is C21H20N2O2. The maximum Gasteiger partial charge on any atom is 0.127 e. The Labute approximate surface area is 147 Å². The Bertz CT molecular complexity index is 920. The quantitative estimate of drug-likeness (QED) is 0.742. The molecule has 1 spiro atoms. The van der Waals surface area contributed by atoms with Gasteiger partial charge in [-0.3, -0.25) is 4.99 Å². The lowest BCUT2D eigenvalue weighted by Gasteiger charge is -2.26. The molecule has 1 atom stereocenters. The molecule has 4 heteroatoms. The van der Waals surface area contributed by atoms with Crippen LogP contribution in [0.3, 0.4) is 0 Å². The number of ether oxygens (including phenoxy) is 2. The first-order chi connectivity index (χ1) is 12.4. The number of hydrogen-bond donors (Lipinski definition) is 0. The van der Waals surface area contributed by atoms with Crippen molar-refractivity contribution in [2.24, 2.45) is 4.99 Å². The summed E-state index contributed by atoms with van der Waals surface area (Å²) in [7, 11) is 0. The largest absolute Gasteiger partial charge is 0.493 e. The van der Waals surface area contributed by atoms with Crippen LogP contribution in [0.1, 0.15) is 29.5 Å². The van der Waals surface area contributed by atoms with E-state index in [1.54, 1.807) is 0 Å². The third-order valence-electron chi connectivity index (χ3n) is 6.04. The summed E-state index contributed by atoms with van der Waals surface area (Å²) in [5.74, 6) is 3.13. The van der Waals surface area contributed by atoms with Crippen LogP contribution in [0, 0.1) is 0 Å². The summed E-state index contributed by atoms with van der Waals surface area (Å²) in [6.45, 7) is 3.36. The first-order valence-electron chi connectivity index (χ1n) is 9.23. The predicted molar refractivity (Wildman–Crippen MR) is 97.2 cm³/mol. The minimum absolute atomic E-state index is 0.256. The number of amidine groups is 1. The van der Waals surface area contributed by atoms with Gasteiger partial charge in [0.1, 0.15) is 29.4 Å². The molecule has 0 aromatic heterocycles. The molecule has 2 aromatic rings. The van der Waals surface area contributed by atoms with Gasteiger partial charge in [-0.05, 0) is 36.1 Å². The van der Waals surface area contributed by atoms with E-state index < -0.39 is 0 Å². The Balaban J connectivity index is 1.64. The second kappa shape index (κ2) is 4.78. The van der Waals surface area contributed by atoms with E-state index in [9.17, 15) is 0 Å². The first kappa shape index (κ1) is 13.8. The van der Waals surface area contributed by atoms with E-state index in [1.165, 1.54) is 34.6 Å². The van der Waals surface area contributed by atoms with Crippen molar-refractivity contribution < 1.29 is 9.47 Å². The van der Waals surface area contributed by atoms with E-state index in [0.29, 0.717) is 6.61 Å². The van der Waals surface area contributed by atoms with E-state index in [0.717, 1.165) is 44.0 Å². The molecule has 0 N–H and O–H groups in total. The zero-order valence-corrected chi connectivity index (χ0v) is 14.1. The highest BCUT2D eigenvalue weighted by Gasteiger charge is 2.55. The monoisotopic (exact) mass is 332 g/mol. The van der Waals surface area contributed by atoms with Crippen LogP contribution < -0.4 is 14.4 Å². The molecule has 0 bridgehead atoms. The van der Waals surface area contributed by atoms with Crippen LogP contribution in [-0.2, 0) is 11.8 Å². The van der Waals surface area contributed by atoms with Crippen molar-refractivity contribution in [3.8, 4) is 11.5 Å². The number of benzene rings is 2. The van der Waals surface area contributed by atoms with Crippen LogP contribution in [0.15, 0.2) is 41.4 Å². The molecule has 0 radical (unpaired) electrons. The van der Waals surface area contributed by atoms with Gasteiger partial charge in [0.05, 0.1) is 6.61 Å². The molecule has 0 saturated carbocycles. The van der Waals surface area contributed by atoms with E-state index in [2.05, 4.69) is 41.3 Å². The first-order valence-corrected chi connectivity index (χ1v) is 9.23. The molecule has 4 heterocycles. The maximum absolute atomic E-state index is 6.22. The normalized spacial score (nSPS) is 25.4. The van der Waals surface area contributed by atoms with Crippen molar-refractivity contribution in [1.29, 1.82) is 0 Å². The molecule has 0 fully saturated rings. The van der Waals surface area contributed by atoms with Gasteiger partial charge in [-0.15, -0.1) is 0 Å². The Morgan fingerprint density at radius 2 is 1.96 bits per heavy atom. The number of rotatable bonds is 0. The zero-order valence-electron chi connectivity index (χ0n) is 14.1. The van der Waals surface area contributed by atoms with Crippen LogP contribution >= 0.6 is 0 Å². The van der Waals surface area contributed by atoms with Crippen LogP contribution in [-0.4, -0.2) is 32.1 Å². The van der Waals surface area contributed by atoms with Gasteiger partial charge in [-0.2, -0.15) is 0 Å². The molecule has 4 aliphatic rings. The lowest BCUT2D eigenvalue weighted by molar-refractivity contribution is 0.321. The van der Waals surface area contributed by atoms with E-state index in [4.69, 9.17) is 14.5 Å². The fraction of sp³-hybridized carbons (Fsp3) is 0.381. The standard InChI is InChI=1S/C21H20N2O2/c1-2-6-17-15(5-1)21(20-22-8-3-4-9-23(17)20)13-25-19-12-18-14(7-10-24-18)11-16(19)21/h1-2,5-6,11-12H,3-4,7-10,13H2. The number of fused-ring (bicyclic) bond motifs is 8. The van der Waals surface area contributed by atoms with Crippen LogP contribution in [0.2, 0.25) is 0 Å². The van der Waals surface area contributed by atoms with Gasteiger partial charge in [-0.25, -0.2) is 0 Å². The third kappa shape index (κ3) is 1.65. The Kier molecular flexibility index (Phi) is 2.63. The smallest absolute Gasteiger partial charge is 0.127 e. The van der Waals surface area contributed by atoms with Crippen LogP contribution in [0.4, 0.5) is 5.69 Å². The number of aliphatic imine (C=N–C) groups is 1. The molecule has 0 saturated heterocycles. The molecule has 1 unspecified atom stereocenters. The molecule has 0 amide bonds. The van der Waals surface area contributed by atoms with Gasteiger partial charge in [0.25, 0.3) is 0 Å². The summed E-state index contributed by atoms with van der Waals surface area (Å²) >= 11 is 0. The highest BCUT2D eigenvalue weighted by atomic mass is 16.5. The predicted octanol–water partition coefficient (Wildman–Crippen LogP) is 3.31. The summed E-state index contributed by atoms with van der Waals surface area (Å²) in [5, 5.41) is 0. The van der Waals surface area contributed by atoms with E-state index >= 15 is 0 Å². The summed E-state index contributed by atoms with van der Waals surface area (Å²) in [6, 6.07) is 13.2. The summed E-state index contributed by atoms with van der Waals surface area (Å²) < 4.78 is 12.0. The molecule has 0 aliphatic carbocycles. The van der Waals surface area contributed by atoms with Gasteiger partial charge >= 0.3 is 0 Å². The second-order valence-electron chi connectivity index (χ2n) is 7.33. The van der Waals surface area contributed by atoms with Crippen molar-refractivity contribution in [3.05, 3.63) is 53.1 Å². The summed E-state index contributed by atoms with van der Waals surface area (Å²) in [6.07, 6.45) is 3.32. The van der Waals surface area contributed by atoms with Crippen molar-refractivity contribution in [3.63, 3.8) is 0 Å². The third-order valence-corrected chi connectivity index (χ3v) is 6.04. The highest BCUT2D eigenvalue weighted by Crippen LogP contribution is 2.54.